The quantitative estimate of drug-likeness (QED) is 0.543. The predicted molar refractivity (Wildman–Crippen MR) is 86.9 cm³/mol. The Hall–Kier alpha value is -3.43. The average molecular weight is 332 g/mol. The first-order valence-electron chi connectivity index (χ1n) is 7.09. The summed E-state index contributed by atoms with van der Waals surface area (Å²) in [7, 11) is 0. The Kier molecular flexibility index (Phi) is 5.45. The number of amides is 2. The molecule has 0 fully saturated rings. The Morgan fingerprint density at radius 2 is 2.25 bits per heavy atom. The van der Waals surface area contributed by atoms with Crippen LogP contribution in [0, 0.1) is 10.1 Å². The summed E-state index contributed by atoms with van der Waals surface area (Å²) in [6, 6.07) is 6.07. The number of ether oxygens (including phenoxy) is 1. The van der Waals surface area contributed by atoms with Gasteiger partial charge in [-0.2, -0.15) is 9.97 Å². The van der Waals surface area contributed by atoms with E-state index in [0.29, 0.717) is 18.0 Å². The summed E-state index contributed by atoms with van der Waals surface area (Å²) < 4.78 is 5.40. The fourth-order valence-electron chi connectivity index (χ4n) is 1.72. The molecule has 2 aromatic rings. The summed E-state index contributed by atoms with van der Waals surface area (Å²) in [5.41, 5.74) is 5.59. The molecule has 10 heteroatoms. The van der Waals surface area contributed by atoms with Crippen molar-refractivity contribution < 1.29 is 14.5 Å². The largest absolute Gasteiger partial charge is 0.424 e. The van der Waals surface area contributed by atoms with E-state index in [1.165, 1.54) is 0 Å². The number of benzene rings is 1. The normalized spacial score (nSPS) is 10.0. The maximum atomic E-state index is 11.6. The summed E-state index contributed by atoms with van der Waals surface area (Å²) in [5, 5.41) is 16.0. The van der Waals surface area contributed by atoms with Crippen molar-refractivity contribution in [3.63, 3.8) is 0 Å². The number of hydrogen-bond acceptors (Lipinski definition) is 7. The lowest BCUT2D eigenvalue weighted by molar-refractivity contribution is -0.384. The minimum absolute atomic E-state index is 0.134. The van der Waals surface area contributed by atoms with E-state index in [2.05, 4.69) is 20.6 Å². The number of rotatable bonds is 6. The van der Waals surface area contributed by atoms with Crippen molar-refractivity contribution in [2.45, 2.75) is 13.3 Å². The van der Waals surface area contributed by atoms with Gasteiger partial charge in [0.05, 0.1) is 4.92 Å². The van der Waals surface area contributed by atoms with Crippen LogP contribution in [-0.4, -0.2) is 27.5 Å². The number of nitro groups is 1. The maximum Gasteiger partial charge on any atom is 0.329 e. The van der Waals surface area contributed by atoms with Crippen molar-refractivity contribution in [1.29, 1.82) is 0 Å². The molecule has 0 atom stereocenters. The van der Waals surface area contributed by atoms with Gasteiger partial charge in [0.2, 0.25) is 5.82 Å². The number of hydrogen-bond donors (Lipinski definition) is 3. The standard InChI is InChI=1S/C14H16N6O4/c1-2-6-16-13(21)18-9-4-3-5-10(7-9)24-14-17-8-11(20(22)23)12(15)19-14/h3-5,7-8H,2,6H2,1H3,(H2,15,17,19)(H2,16,18,21). The van der Waals surface area contributed by atoms with Crippen molar-refractivity contribution in [3.8, 4) is 11.8 Å². The molecule has 24 heavy (non-hydrogen) atoms. The molecular formula is C14H16N6O4. The van der Waals surface area contributed by atoms with Crippen molar-refractivity contribution >= 4 is 23.2 Å². The van der Waals surface area contributed by atoms with E-state index in [0.717, 1.165) is 12.6 Å². The van der Waals surface area contributed by atoms with Gasteiger partial charge in [0.1, 0.15) is 11.9 Å². The molecule has 0 aliphatic carbocycles. The highest BCUT2D eigenvalue weighted by Crippen LogP contribution is 2.24. The Labute approximate surface area is 137 Å². The van der Waals surface area contributed by atoms with E-state index in [9.17, 15) is 14.9 Å². The highest BCUT2D eigenvalue weighted by atomic mass is 16.6. The summed E-state index contributed by atoms with van der Waals surface area (Å²) in [6.07, 6.45) is 1.80. The molecule has 0 saturated heterocycles. The molecule has 0 bridgehead atoms. The van der Waals surface area contributed by atoms with Crippen LogP contribution >= 0.6 is 0 Å². The smallest absolute Gasteiger partial charge is 0.329 e. The highest BCUT2D eigenvalue weighted by molar-refractivity contribution is 5.89. The molecule has 4 N–H and O–H groups in total. The number of carbonyl (C=O) groups excluding carboxylic acids is 1. The van der Waals surface area contributed by atoms with E-state index >= 15 is 0 Å². The number of nitrogens with two attached hydrogens (primary N) is 1. The number of nitrogens with zero attached hydrogens (tertiary/aromatic N) is 3. The monoisotopic (exact) mass is 332 g/mol. The molecule has 2 rings (SSSR count). The molecule has 0 spiro atoms. The van der Waals surface area contributed by atoms with Crippen LogP contribution in [0.1, 0.15) is 13.3 Å². The molecule has 0 aliphatic heterocycles. The van der Waals surface area contributed by atoms with Gasteiger partial charge in [0.25, 0.3) is 0 Å². The van der Waals surface area contributed by atoms with Crippen LogP contribution in [0.5, 0.6) is 11.8 Å². The van der Waals surface area contributed by atoms with Crippen LogP contribution in [0.2, 0.25) is 0 Å². The van der Waals surface area contributed by atoms with Crippen LogP contribution in [0.3, 0.4) is 0 Å². The first kappa shape index (κ1) is 16.9. The summed E-state index contributed by atoms with van der Waals surface area (Å²) in [4.78, 5) is 29.1. The number of anilines is 2. The van der Waals surface area contributed by atoms with Crippen LogP contribution in [0.4, 0.5) is 22.0 Å². The van der Waals surface area contributed by atoms with Crippen molar-refractivity contribution in [3.05, 3.63) is 40.6 Å². The Morgan fingerprint density at radius 3 is 2.92 bits per heavy atom. The van der Waals surface area contributed by atoms with Gasteiger partial charge in [-0.05, 0) is 18.6 Å². The van der Waals surface area contributed by atoms with Crippen LogP contribution in [0.15, 0.2) is 30.5 Å². The Morgan fingerprint density at radius 1 is 1.46 bits per heavy atom. The van der Waals surface area contributed by atoms with E-state index in [1.54, 1.807) is 24.3 Å². The van der Waals surface area contributed by atoms with Gasteiger partial charge in [-0.15, -0.1) is 0 Å². The lowest BCUT2D eigenvalue weighted by Gasteiger charge is -2.09. The zero-order valence-corrected chi connectivity index (χ0v) is 12.9. The third kappa shape index (κ3) is 4.53. The number of carbonyl (C=O) groups is 1. The van der Waals surface area contributed by atoms with Crippen molar-refractivity contribution in [2.24, 2.45) is 0 Å². The lowest BCUT2D eigenvalue weighted by Crippen LogP contribution is -2.29. The second-order valence-electron chi connectivity index (χ2n) is 4.69. The minimum atomic E-state index is -0.682. The third-order valence-electron chi connectivity index (χ3n) is 2.81. The van der Waals surface area contributed by atoms with E-state index in [1.807, 2.05) is 6.92 Å². The van der Waals surface area contributed by atoms with Gasteiger partial charge in [-0.3, -0.25) is 10.1 Å². The van der Waals surface area contributed by atoms with E-state index < -0.39 is 10.6 Å². The van der Waals surface area contributed by atoms with Gasteiger partial charge < -0.3 is 21.1 Å². The van der Waals surface area contributed by atoms with E-state index in [4.69, 9.17) is 10.5 Å². The number of urea groups is 1. The fourth-order valence-corrected chi connectivity index (χ4v) is 1.72. The van der Waals surface area contributed by atoms with Gasteiger partial charge in [0.15, 0.2) is 0 Å². The number of aromatic nitrogens is 2. The summed E-state index contributed by atoms with van der Waals surface area (Å²) >= 11 is 0. The molecule has 10 nitrogen and oxygen atoms in total. The van der Waals surface area contributed by atoms with Crippen molar-refractivity contribution in [1.82, 2.24) is 15.3 Å². The van der Waals surface area contributed by atoms with Crippen LogP contribution < -0.4 is 21.1 Å². The first-order valence-corrected chi connectivity index (χ1v) is 7.09. The first-order chi connectivity index (χ1) is 11.5. The second kappa shape index (κ2) is 7.72. The number of nitrogen functional groups attached to an aromatic ring is 1. The molecule has 1 aromatic carbocycles. The van der Waals surface area contributed by atoms with Gasteiger partial charge in [-0.25, -0.2) is 4.79 Å². The average Bonchev–Trinajstić information content (AvgIpc) is 2.53. The fraction of sp³-hybridized carbons (Fsp3) is 0.214. The molecular weight excluding hydrogens is 316 g/mol. The maximum absolute atomic E-state index is 11.6. The molecule has 1 aromatic heterocycles. The zero-order valence-electron chi connectivity index (χ0n) is 12.9. The van der Waals surface area contributed by atoms with E-state index in [-0.39, 0.29) is 17.9 Å². The SMILES string of the molecule is CCCNC(=O)Nc1cccc(Oc2ncc([N+](=O)[O-])c(N)n2)c1. The molecule has 2 amide bonds. The van der Waals surface area contributed by atoms with Crippen molar-refractivity contribution in [2.75, 3.05) is 17.6 Å². The third-order valence-corrected chi connectivity index (χ3v) is 2.81. The van der Waals surface area contributed by atoms with Crippen LogP contribution in [0.25, 0.3) is 0 Å². The molecule has 1 heterocycles. The summed E-state index contributed by atoms with van der Waals surface area (Å²) in [6.45, 7) is 2.52. The molecule has 0 radical (unpaired) electrons. The van der Waals surface area contributed by atoms with Gasteiger partial charge in [-0.1, -0.05) is 13.0 Å². The lowest BCUT2D eigenvalue weighted by atomic mass is 10.3. The van der Waals surface area contributed by atoms with Gasteiger partial charge in [0, 0.05) is 18.3 Å². The molecule has 0 saturated carbocycles. The topological polar surface area (TPSA) is 145 Å². The highest BCUT2D eigenvalue weighted by Gasteiger charge is 2.15. The Bertz CT molecular complexity index is 752. The van der Waals surface area contributed by atoms with Gasteiger partial charge >= 0.3 is 17.7 Å². The minimum Gasteiger partial charge on any atom is -0.424 e. The Balaban J connectivity index is 2.08. The molecule has 126 valence electrons. The van der Waals surface area contributed by atoms with Crippen LogP contribution in [-0.2, 0) is 0 Å². The predicted octanol–water partition coefficient (Wildman–Crippen LogP) is 2.29. The second-order valence-corrected chi connectivity index (χ2v) is 4.69. The number of nitrogens with one attached hydrogen (secondary N) is 2. The molecule has 0 aliphatic rings. The zero-order chi connectivity index (χ0) is 17.5. The summed E-state index contributed by atoms with van der Waals surface area (Å²) in [5.74, 6) is 0.0507. The molecule has 0 unspecified atom stereocenters.